The summed E-state index contributed by atoms with van der Waals surface area (Å²) >= 11 is 12.3. The summed E-state index contributed by atoms with van der Waals surface area (Å²) in [5.74, 6) is -3.42. The molecule has 0 saturated carbocycles. The van der Waals surface area contributed by atoms with E-state index in [1.54, 1.807) is 45.0 Å². The number of carbonyl (C=O) groups excluding carboxylic acids is 2. The molecular formula is C26H25ClFNO6S2. The Bertz CT molecular complexity index is 1260. The van der Waals surface area contributed by atoms with Gasteiger partial charge in [-0.3, -0.25) is 14.5 Å². The second-order valence-corrected chi connectivity index (χ2v) is 11.2. The Hall–Kier alpha value is -2.79. The lowest BCUT2D eigenvalue weighted by Gasteiger charge is -2.44. The molecule has 0 unspecified atom stereocenters. The fourth-order valence-electron chi connectivity index (χ4n) is 3.34. The van der Waals surface area contributed by atoms with Crippen molar-refractivity contribution < 1.29 is 33.7 Å². The highest BCUT2D eigenvalue weighted by Crippen LogP contribution is 2.40. The number of halogens is 2. The molecule has 2 N–H and O–H groups in total. The fourth-order valence-corrected chi connectivity index (χ4v) is 5.02. The summed E-state index contributed by atoms with van der Waals surface area (Å²) in [7, 11) is 0. The van der Waals surface area contributed by atoms with E-state index in [4.69, 9.17) is 28.6 Å². The average molecular weight is 566 g/mol. The zero-order chi connectivity index (χ0) is 27.7. The number of thiocarbonyl (C=S) groups is 1. The van der Waals surface area contributed by atoms with Gasteiger partial charge >= 0.3 is 5.97 Å². The monoisotopic (exact) mass is 565 g/mol. The summed E-state index contributed by atoms with van der Waals surface area (Å²) in [6, 6.07) is 12.1. The minimum Gasteiger partial charge on any atom is -0.476 e. The van der Waals surface area contributed by atoms with Crippen LogP contribution < -0.4 is 4.74 Å². The minimum atomic E-state index is -1.53. The summed E-state index contributed by atoms with van der Waals surface area (Å²) in [5.41, 5.74) is -1.32. The van der Waals surface area contributed by atoms with Crippen LogP contribution in [0.1, 0.15) is 38.8 Å². The van der Waals surface area contributed by atoms with E-state index >= 15 is 0 Å². The van der Waals surface area contributed by atoms with Gasteiger partial charge in [0.25, 0.3) is 0 Å². The van der Waals surface area contributed by atoms with Gasteiger partial charge < -0.3 is 14.9 Å². The molecule has 2 aromatic rings. The standard InChI is InChI=1S/C26H25ClFNO6S2/c1-13(30)18-21(27)29(22(18)31)19(23(32)33)24(37-25(34)26(2,3)4)35-17-11-7-15(8-12-17)20(36)14-5-9-16(28)10-6-14/h5-13,18,21,30H,1-4H3,(H,32,33)/t13-,18-,21-/m1/s1. The normalized spacial score (nSPS) is 19.0. The number of carboxylic acids is 1. The van der Waals surface area contributed by atoms with Gasteiger partial charge in [0.15, 0.2) is 10.8 Å². The summed E-state index contributed by atoms with van der Waals surface area (Å²) in [6.45, 7) is 6.36. The lowest BCUT2D eigenvalue weighted by molar-refractivity contribution is -0.158. The van der Waals surface area contributed by atoms with Gasteiger partial charge in [-0.05, 0) is 66.2 Å². The zero-order valence-electron chi connectivity index (χ0n) is 20.4. The highest BCUT2D eigenvalue weighted by molar-refractivity contribution is 8.16. The van der Waals surface area contributed by atoms with Crippen molar-refractivity contribution in [2.24, 2.45) is 11.3 Å². The number of amides is 1. The molecule has 0 aromatic heterocycles. The van der Waals surface area contributed by atoms with Gasteiger partial charge in [0, 0.05) is 5.41 Å². The zero-order valence-corrected chi connectivity index (χ0v) is 22.8. The number of thioether (sulfide) groups is 1. The quantitative estimate of drug-likeness (QED) is 0.0883. The van der Waals surface area contributed by atoms with Crippen LogP contribution in [0.3, 0.4) is 0 Å². The average Bonchev–Trinajstić information content (AvgIpc) is 2.81. The van der Waals surface area contributed by atoms with E-state index in [2.05, 4.69) is 0 Å². The van der Waals surface area contributed by atoms with Crippen LogP contribution in [-0.4, -0.2) is 48.6 Å². The first-order chi connectivity index (χ1) is 17.2. The van der Waals surface area contributed by atoms with Crippen molar-refractivity contribution in [3.8, 4) is 5.75 Å². The number of β-lactam (4-membered cyclic amide) rings is 1. The predicted octanol–water partition coefficient (Wildman–Crippen LogP) is 4.93. The fraction of sp³-hybridized carbons (Fsp3) is 0.308. The van der Waals surface area contributed by atoms with Crippen molar-refractivity contribution in [3.05, 3.63) is 76.3 Å². The molecule has 11 heteroatoms. The molecule has 1 saturated heterocycles. The number of alkyl halides is 1. The van der Waals surface area contributed by atoms with Gasteiger partial charge in [0.2, 0.25) is 11.0 Å². The summed E-state index contributed by atoms with van der Waals surface area (Å²) < 4.78 is 19.1. The molecule has 0 spiro atoms. The topological polar surface area (TPSA) is 104 Å². The van der Waals surface area contributed by atoms with Crippen molar-refractivity contribution in [2.75, 3.05) is 0 Å². The Morgan fingerprint density at radius 2 is 1.62 bits per heavy atom. The largest absolute Gasteiger partial charge is 0.476 e. The molecule has 0 aliphatic carbocycles. The van der Waals surface area contributed by atoms with E-state index in [0.717, 1.165) is 4.90 Å². The number of aliphatic hydroxyl groups excluding tert-OH is 1. The van der Waals surface area contributed by atoms with Gasteiger partial charge in [-0.25, -0.2) is 9.18 Å². The third kappa shape index (κ3) is 6.38. The first kappa shape index (κ1) is 28.8. The van der Waals surface area contributed by atoms with Crippen LogP contribution in [-0.2, 0) is 14.4 Å². The molecule has 3 atom stereocenters. The smallest absolute Gasteiger partial charge is 0.357 e. The van der Waals surface area contributed by atoms with Crippen molar-refractivity contribution in [2.45, 2.75) is 39.3 Å². The minimum absolute atomic E-state index is 0.180. The van der Waals surface area contributed by atoms with Crippen molar-refractivity contribution in [1.82, 2.24) is 4.90 Å². The van der Waals surface area contributed by atoms with Crippen LogP contribution in [0.15, 0.2) is 59.3 Å². The number of benzene rings is 2. The van der Waals surface area contributed by atoms with Crippen molar-refractivity contribution in [3.63, 3.8) is 0 Å². The van der Waals surface area contributed by atoms with Crippen LogP contribution in [0, 0.1) is 17.2 Å². The van der Waals surface area contributed by atoms with Crippen LogP contribution in [0.2, 0.25) is 0 Å². The van der Waals surface area contributed by atoms with Gasteiger partial charge in [-0.15, -0.1) is 0 Å². The third-order valence-electron chi connectivity index (χ3n) is 5.45. The molecule has 1 amide bonds. The molecule has 1 aliphatic rings. The summed E-state index contributed by atoms with van der Waals surface area (Å²) in [5, 5.41) is 19.1. The van der Waals surface area contributed by atoms with E-state index in [1.807, 2.05) is 0 Å². The van der Waals surface area contributed by atoms with Gasteiger partial charge in [-0.1, -0.05) is 56.7 Å². The number of hydrogen-bond acceptors (Lipinski definition) is 7. The SMILES string of the molecule is C[C@@H](O)[C@H]1C(=O)N(C(C(=O)O)=C(Oc2ccc(C(=S)c3ccc(F)cc3)cc2)SC(=O)C(C)(C)C)[C@H]1Cl. The number of aliphatic carboxylic acids is 1. The maximum Gasteiger partial charge on any atom is 0.357 e. The highest BCUT2D eigenvalue weighted by atomic mass is 35.5. The van der Waals surface area contributed by atoms with Crippen LogP contribution in [0.4, 0.5) is 4.39 Å². The van der Waals surface area contributed by atoms with Gasteiger partial charge in [0.1, 0.15) is 17.1 Å². The maximum atomic E-state index is 13.2. The van der Waals surface area contributed by atoms with Crippen molar-refractivity contribution in [1.29, 1.82) is 0 Å². The van der Waals surface area contributed by atoms with Crippen LogP contribution in [0.5, 0.6) is 5.75 Å². The lowest BCUT2D eigenvalue weighted by atomic mass is 9.92. The molecule has 37 heavy (non-hydrogen) atoms. The van der Waals surface area contributed by atoms with E-state index in [0.29, 0.717) is 27.8 Å². The lowest BCUT2D eigenvalue weighted by Crippen LogP contribution is -2.62. The Morgan fingerprint density at radius 3 is 2.05 bits per heavy atom. The first-order valence-corrected chi connectivity index (χ1v) is 12.8. The van der Waals surface area contributed by atoms with E-state index in [9.17, 15) is 29.0 Å². The first-order valence-electron chi connectivity index (χ1n) is 11.2. The molecule has 0 radical (unpaired) electrons. The number of ether oxygens (including phenoxy) is 1. The van der Waals surface area contributed by atoms with Gasteiger partial charge in [0.05, 0.1) is 16.9 Å². The molecule has 3 rings (SSSR count). The number of hydrogen-bond donors (Lipinski definition) is 2. The van der Waals surface area contributed by atoms with E-state index in [-0.39, 0.29) is 16.7 Å². The number of carbonyl (C=O) groups is 3. The number of nitrogens with zero attached hydrogens (tertiary/aromatic N) is 1. The Morgan fingerprint density at radius 1 is 1.11 bits per heavy atom. The second-order valence-electron chi connectivity index (χ2n) is 9.39. The number of rotatable bonds is 8. The predicted molar refractivity (Wildman–Crippen MR) is 143 cm³/mol. The highest BCUT2D eigenvalue weighted by Gasteiger charge is 2.53. The number of carboxylic acid groups (broad SMARTS) is 1. The third-order valence-corrected chi connectivity index (χ3v) is 7.65. The van der Waals surface area contributed by atoms with E-state index in [1.165, 1.54) is 31.2 Å². The Kier molecular flexibility index (Phi) is 8.79. The van der Waals surface area contributed by atoms with Gasteiger partial charge in [-0.2, -0.15) is 0 Å². The summed E-state index contributed by atoms with van der Waals surface area (Å²) in [6.07, 6.45) is -1.09. The number of aliphatic hydroxyl groups is 1. The Labute approximate surface area is 228 Å². The molecule has 0 bridgehead atoms. The number of likely N-dealkylation sites (tertiary alicyclic amines) is 1. The maximum absolute atomic E-state index is 13.2. The molecule has 1 aliphatic heterocycles. The molecular weight excluding hydrogens is 541 g/mol. The Balaban J connectivity index is 1.97. The van der Waals surface area contributed by atoms with E-state index < -0.39 is 45.6 Å². The summed E-state index contributed by atoms with van der Waals surface area (Å²) in [4.78, 5) is 39.0. The molecule has 1 fully saturated rings. The second kappa shape index (κ2) is 11.3. The van der Waals surface area contributed by atoms with Crippen LogP contribution >= 0.6 is 35.6 Å². The van der Waals surface area contributed by atoms with Crippen LogP contribution in [0.25, 0.3) is 0 Å². The molecule has 196 valence electrons. The molecule has 7 nitrogen and oxygen atoms in total. The molecule has 2 aromatic carbocycles. The van der Waals surface area contributed by atoms with Crippen molar-refractivity contribution >= 4 is 57.4 Å². The molecule has 1 heterocycles.